The molecule has 1 fully saturated rings. The molecule has 1 N–H and O–H groups in total. The summed E-state index contributed by atoms with van der Waals surface area (Å²) in [5.74, 6) is 0.465. The van der Waals surface area contributed by atoms with Crippen LogP contribution in [0.5, 0.6) is 5.75 Å². The van der Waals surface area contributed by atoms with E-state index in [0.29, 0.717) is 32.1 Å². The van der Waals surface area contributed by atoms with Gasteiger partial charge in [0.05, 0.1) is 13.2 Å². The fourth-order valence-electron chi connectivity index (χ4n) is 2.55. The number of piperazine rings is 1. The summed E-state index contributed by atoms with van der Waals surface area (Å²) >= 11 is 0. The van der Waals surface area contributed by atoms with E-state index in [0.717, 1.165) is 32.7 Å². The van der Waals surface area contributed by atoms with E-state index in [2.05, 4.69) is 15.1 Å². The van der Waals surface area contributed by atoms with Gasteiger partial charge in [0.25, 0.3) is 0 Å². The number of nitrogens with one attached hydrogen (secondary N) is 1. The van der Waals surface area contributed by atoms with Crippen LogP contribution >= 0.6 is 0 Å². The molecule has 6 nitrogen and oxygen atoms in total. The van der Waals surface area contributed by atoms with Gasteiger partial charge in [-0.3, -0.25) is 14.6 Å². The molecule has 1 aromatic rings. The van der Waals surface area contributed by atoms with E-state index < -0.39 is 0 Å². The maximum Gasteiger partial charge on any atom is 0.234 e. The number of halogens is 1. The second kappa shape index (κ2) is 10.2. The average Bonchev–Trinajstić information content (AvgIpc) is 2.58. The van der Waals surface area contributed by atoms with Crippen molar-refractivity contribution in [3.8, 4) is 5.75 Å². The lowest BCUT2D eigenvalue weighted by Gasteiger charge is -2.34. The van der Waals surface area contributed by atoms with Crippen LogP contribution in [0, 0.1) is 5.82 Å². The summed E-state index contributed by atoms with van der Waals surface area (Å²) in [6.45, 7) is 6.49. The van der Waals surface area contributed by atoms with Gasteiger partial charge < -0.3 is 14.8 Å². The van der Waals surface area contributed by atoms with E-state index in [9.17, 15) is 9.18 Å². The zero-order valence-electron chi connectivity index (χ0n) is 14.2. The predicted molar refractivity (Wildman–Crippen MR) is 89.7 cm³/mol. The minimum atomic E-state index is -0.260. The predicted octanol–water partition coefficient (Wildman–Crippen LogP) is 0.585. The van der Waals surface area contributed by atoms with Gasteiger partial charge in [-0.1, -0.05) is 0 Å². The van der Waals surface area contributed by atoms with Crippen LogP contribution in [0.15, 0.2) is 24.3 Å². The molecule has 0 radical (unpaired) electrons. The standard InChI is InChI=1S/C17H26FN3O3/c1-23-12-6-19-17(22)14-21-9-7-20(8-10-21)11-13-24-16-4-2-15(18)3-5-16/h2-5H,6-14H2,1H3,(H,19,22). The molecule has 0 spiro atoms. The van der Waals surface area contributed by atoms with Crippen LogP contribution in [0.25, 0.3) is 0 Å². The zero-order chi connectivity index (χ0) is 17.2. The quantitative estimate of drug-likeness (QED) is 0.667. The molecule has 0 bridgehead atoms. The smallest absolute Gasteiger partial charge is 0.234 e. The van der Waals surface area contributed by atoms with Crippen LogP contribution in [-0.4, -0.2) is 81.8 Å². The molecular formula is C17H26FN3O3. The average molecular weight is 339 g/mol. The number of nitrogens with zero attached hydrogens (tertiary/aromatic N) is 2. The Bertz CT molecular complexity index is 490. The Kier molecular flexibility index (Phi) is 7.94. The zero-order valence-corrected chi connectivity index (χ0v) is 14.2. The molecule has 1 aromatic carbocycles. The fourth-order valence-corrected chi connectivity index (χ4v) is 2.55. The van der Waals surface area contributed by atoms with Crippen LogP contribution in [0.4, 0.5) is 4.39 Å². The first-order valence-corrected chi connectivity index (χ1v) is 8.26. The monoisotopic (exact) mass is 339 g/mol. The number of hydrogen-bond acceptors (Lipinski definition) is 5. The summed E-state index contributed by atoms with van der Waals surface area (Å²) in [6.07, 6.45) is 0. The van der Waals surface area contributed by atoms with Gasteiger partial charge in [-0.2, -0.15) is 0 Å². The summed E-state index contributed by atoms with van der Waals surface area (Å²) in [7, 11) is 1.62. The summed E-state index contributed by atoms with van der Waals surface area (Å²) < 4.78 is 23.3. The van der Waals surface area contributed by atoms with Gasteiger partial charge in [0, 0.05) is 46.4 Å². The molecule has 0 aliphatic carbocycles. The van der Waals surface area contributed by atoms with E-state index in [1.807, 2.05) is 0 Å². The van der Waals surface area contributed by atoms with Gasteiger partial charge in [-0.25, -0.2) is 4.39 Å². The van der Waals surface area contributed by atoms with Crippen LogP contribution < -0.4 is 10.1 Å². The molecule has 1 heterocycles. The Hall–Kier alpha value is -1.70. The van der Waals surface area contributed by atoms with E-state index in [4.69, 9.17) is 9.47 Å². The Morgan fingerprint density at radius 3 is 2.46 bits per heavy atom. The van der Waals surface area contributed by atoms with Gasteiger partial charge in [-0.15, -0.1) is 0 Å². The molecule has 24 heavy (non-hydrogen) atoms. The molecule has 0 atom stereocenters. The van der Waals surface area contributed by atoms with E-state index in [1.165, 1.54) is 12.1 Å². The fraction of sp³-hybridized carbons (Fsp3) is 0.588. The molecule has 0 aromatic heterocycles. The Morgan fingerprint density at radius 1 is 1.12 bits per heavy atom. The Balaban J connectivity index is 1.57. The maximum absolute atomic E-state index is 12.8. The van der Waals surface area contributed by atoms with Crippen molar-refractivity contribution in [1.82, 2.24) is 15.1 Å². The topological polar surface area (TPSA) is 54.0 Å². The molecule has 7 heteroatoms. The number of hydrogen-bond donors (Lipinski definition) is 1. The van der Waals surface area contributed by atoms with Crippen LogP contribution in [0.1, 0.15) is 0 Å². The third kappa shape index (κ3) is 6.82. The van der Waals surface area contributed by atoms with Crippen molar-refractivity contribution in [3.05, 3.63) is 30.1 Å². The van der Waals surface area contributed by atoms with Crippen LogP contribution in [0.2, 0.25) is 0 Å². The van der Waals surface area contributed by atoms with Crippen molar-refractivity contribution in [2.75, 3.05) is 66.1 Å². The van der Waals surface area contributed by atoms with Gasteiger partial charge in [0.15, 0.2) is 0 Å². The normalized spacial score (nSPS) is 16.1. The van der Waals surface area contributed by atoms with Crippen molar-refractivity contribution in [2.24, 2.45) is 0 Å². The Morgan fingerprint density at radius 2 is 1.79 bits per heavy atom. The molecule has 0 unspecified atom stereocenters. The molecule has 134 valence electrons. The largest absolute Gasteiger partial charge is 0.492 e. The maximum atomic E-state index is 12.8. The van der Waals surface area contributed by atoms with E-state index >= 15 is 0 Å². The molecular weight excluding hydrogens is 313 g/mol. The second-order valence-corrected chi connectivity index (χ2v) is 5.76. The number of ether oxygens (including phenoxy) is 2. The Labute approximate surface area is 142 Å². The SMILES string of the molecule is COCCNC(=O)CN1CCN(CCOc2ccc(F)cc2)CC1. The highest BCUT2D eigenvalue weighted by Crippen LogP contribution is 2.11. The van der Waals surface area contributed by atoms with Gasteiger partial charge >= 0.3 is 0 Å². The third-order valence-electron chi connectivity index (χ3n) is 3.95. The molecule has 2 rings (SSSR count). The molecule has 1 aliphatic heterocycles. The molecule has 1 saturated heterocycles. The highest BCUT2D eigenvalue weighted by atomic mass is 19.1. The van der Waals surface area contributed by atoms with Crippen molar-refractivity contribution in [3.63, 3.8) is 0 Å². The molecule has 0 saturated carbocycles. The third-order valence-corrected chi connectivity index (χ3v) is 3.95. The first-order chi connectivity index (χ1) is 11.7. The minimum absolute atomic E-state index is 0.0418. The number of rotatable bonds is 9. The first kappa shape index (κ1) is 18.6. The number of carbonyl (C=O) groups is 1. The van der Waals surface area contributed by atoms with Crippen LogP contribution in [0.3, 0.4) is 0 Å². The van der Waals surface area contributed by atoms with Gasteiger partial charge in [0.2, 0.25) is 5.91 Å². The van der Waals surface area contributed by atoms with Crippen molar-refractivity contribution >= 4 is 5.91 Å². The van der Waals surface area contributed by atoms with E-state index in [1.54, 1.807) is 19.2 Å². The van der Waals surface area contributed by atoms with Crippen molar-refractivity contribution < 1.29 is 18.7 Å². The molecule has 1 amide bonds. The van der Waals surface area contributed by atoms with Crippen molar-refractivity contribution in [2.45, 2.75) is 0 Å². The van der Waals surface area contributed by atoms with Crippen LogP contribution in [-0.2, 0) is 9.53 Å². The summed E-state index contributed by atoms with van der Waals surface area (Å²) in [4.78, 5) is 16.2. The summed E-state index contributed by atoms with van der Waals surface area (Å²) in [6, 6.07) is 6.06. The summed E-state index contributed by atoms with van der Waals surface area (Å²) in [5, 5.41) is 2.83. The minimum Gasteiger partial charge on any atom is -0.492 e. The number of methoxy groups -OCH3 is 1. The number of carbonyl (C=O) groups excluding carboxylic acids is 1. The van der Waals surface area contributed by atoms with Gasteiger partial charge in [0.1, 0.15) is 18.2 Å². The lowest BCUT2D eigenvalue weighted by atomic mass is 10.3. The highest BCUT2D eigenvalue weighted by molar-refractivity contribution is 5.77. The number of amides is 1. The molecule has 1 aliphatic rings. The van der Waals surface area contributed by atoms with Crippen molar-refractivity contribution in [1.29, 1.82) is 0 Å². The highest BCUT2D eigenvalue weighted by Gasteiger charge is 2.18. The first-order valence-electron chi connectivity index (χ1n) is 8.26. The lowest BCUT2D eigenvalue weighted by molar-refractivity contribution is -0.122. The second-order valence-electron chi connectivity index (χ2n) is 5.76. The lowest BCUT2D eigenvalue weighted by Crippen LogP contribution is -2.50. The summed E-state index contributed by atoms with van der Waals surface area (Å²) in [5.41, 5.74) is 0. The number of benzene rings is 1. The van der Waals surface area contributed by atoms with Gasteiger partial charge in [-0.05, 0) is 24.3 Å². The van der Waals surface area contributed by atoms with E-state index in [-0.39, 0.29) is 11.7 Å².